The molecule has 1 aliphatic heterocycles. The molecule has 0 bridgehead atoms. The number of para-hydroxylation sites is 1. The lowest BCUT2D eigenvalue weighted by Gasteiger charge is -2.27. The van der Waals surface area contributed by atoms with Crippen LogP contribution in [-0.2, 0) is 30.6 Å². The van der Waals surface area contributed by atoms with E-state index in [0.717, 1.165) is 41.6 Å². The lowest BCUT2D eigenvalue weighted by Crippen LogP contribution is -2.71. The number of allylic oxidation sites excluding steroid dienone is 7. The third-order valence-electron chi connectivity index (χ3n) is 9.47. The quantitative estimate of drug-likeness (QED) is 0.0869. The fourth-order valence-electron chi connectivity index (χ4n) is 6.87. The topological polar surface area (TPSA) is 19.9 Å². The van der Waals surface area contributed by atoms with Gasteiger partial charge in [0, 0.05) is 52.8 Å². The van der Waals surface area contributed by atoms with Gasteiger partial charge in [0.15, 0.2) is 0 Å². The highest BCUT2D eigenvalue weighted by molar-refractivity contribution is 5.92. The molecule has 8 heteroatoms. The Bertz CT molecular complexity index is 2140. The van der Waals surface area contributed by atoms with Crippen LogP contribution in [0.25, 0.3) is 10.8 Å². The Balaban J connectivity index is 1.23. The minimum atomic E-state index is -4.94. The van der Waals surface area contributed by atoms with Crippen molar-refractivity contribution in [3.05, 3.63) is 185 Å². The van der Waals surface area contributed by atoms with Crippen LogP contribution in [0.2, 0.25) is 0 Å². The van der Waals surface area contributed by atoms with Crippen LogP contribution in [0.4, 0.5) is 43.4 Å². The fourth-order valence-corrected chi connectivity index (χ4v) is 6.87. The molecule has 266 valence electrons. The number of hydrogen-bond donors (Lipinski definition) is 1. The zero-order valence-corrected chi connectivity index (χ0v) is 28.9. The number of anilines is 1. The number of hydrogen-bond acceptors (Lipinski definition) is 1. The SMILES string of the molecule is C=C(/C=C/C=C/C=C1/N(CCc2ccccc2)c2ccccc2C1(C)C)Cc1ccc2ccccc2c1[NH2+]c1cc(C(F)(F)F)cc(C(F)(F)F)c1. The Labute approximate surface area is 300 Å². The fraction of sp³-hybridized carbons (Fsp3) is 0.182. The third-order valence-corrected chi connectivity index (χ3v) is 9.47. The van der Waals surface area contributed by atoms with Gasteiger partial charge < -0.3 is 4.90 Å². The lowest BCUT2D eigenvalue weighted by atomic mass is 9.84. The van der Waals surface area contributed by atoms with Gasteiger partial charge in [-0.3, -0.25) is 5.32 Å². The van der Waals surface area contributed by atoms with E-state index >= 15 is 0 Å². The smallest absolute Gasteiger partial charge is 0.344 e. The second-order valence-electron chi connectivity index (χ2n) is 13.5. The first-order valence-corrected chi connectivity index (χ1v) is 17.0. The van der Waals surface area contributed by atoms with Crippen molar-refractivity contribution in [1.29, 1.82) is 0 Å². The summed E-state index contributed by atoms with van der Waals surface area (Å²) in [6, 6.07) is 31.6. The molecule has 5 aromatic rings. The normalized spacial score (nSPS) is 15.3. The number of quaternary nitrogens is 1. The number of alkyl halides is 6. The van der Waals surface area contributed by atoms with E-state index in [4.69, 9.17) is 0 Å². The maximum absolute atomic E-state index is 13.6. The Morgan fingerprint density at radius 1 is 0.750 bits per heavy atom. The van der Waals surface area contributed by atoms with Crippen LogP contribution in [0.5, 0.6) is 0 Å². The predicted octanol–water partition coefficient (Wildman–Crippen LogP) is 11.5. The van der Waals surface area contributed by atoms with Crippen molar-refractivity contribution in [3.8, 4) is 0 Å². The summed E-state index contributed by atoms with van der Waals surface area (Å²) < 4.78 is 81.9. The maximum atomic E-state index is 13.6. The van der Waals surface area contributed by atoms with Gasteiger partial charge in [0.1, 0.15) is 11.4 Å². The van der Waals surface area contributed by atoms with Gasteiger partial charge in [-0.05, 0) is 47.2 Å². The molecule has 0 aliphatic carbocycles. The summed E-state index contributed by atoms with van der Waals surface area (Å²) in [6.07, 6.45) is 1.18. The summed E-state index contributed by atoms with van der Waals surface area (Å²) >= 11 is 0. The van der Waals surface area contributed by atoms with Crippen LogP contribution < -0.4 is 10.2 Å². The number of benzene rings is 5. The zero-order valence-electron chi connectivity index (χ0n) is 28.9. The van der Waals surface area contributed by atoms with E-state index in [-0.39, 0.29) is 17.2 Å². The van der Waals surface area contributed by atoms with Gasteiger partial charge in [-0.15, -0.1) is 0 Å². The Morgan fingerprint density at radius 3 is 2.12 bits per heavy atom. The van der Waals surface area contributed by atoms with Crippen LogP contribution in [0.1, 0.15) is 41.7 Å². The van der Waals surface area contributed by atoms with E-state index in [0.29, 0.717) is 17.5 Å². The monoisotopic (exact) mass is 709 g/mol. The van der Waals surface area contributed by atoms with Gasteiger partial charge in [0.25, 0.3) is 0 Å². The van der Waals surface area contributed by atoms with Crippen molar-refractivity contribution in [1.82, 2.24) is 0 Å². The molecule has 1 heterocycles. The summed E-state index contributed by atoms with van der Waals surface area (Å²) in [5.74, 6) is 0. The first-order valence-electron chi connectivity index (χ1n) is 17.0. The van der Waals surface area contributed by atoms with Crippen LogP contribution >= 0.6 is 0 Å². The van der Waals surface area contributed by atoms with Crippen LogP contribution in [0, 0.1) is 0 Å². The molecule has 0 aromatic heterocycles. The molecule has 0 atom stereocenters. The standard InChI is InChI=1S/C44H38F6N2/c1-30(14-6-4-9-21-40-42(2,3)38-19-12-13-20-39(38)52(40)25-24-31-15-7-5-8-16-31)26-33-23-22-32-17-10-11-18-37(32)41(33)51-36-28-34(43(45,46)47)27-35(29-36)44(48,49)50/h4-23,27-29,51H,1,24-26H2,2-3H3/p+1/b9-4+,14-6+,40-21+. The summed E-state index contributed by atoms with van der Waals surface area (Å²) in [7, 11) is 0. The minimum absolute atomic E-state index is 0.145. The maximum Gasteiger partial charge on any atom is 0.416 e. The van der Waals surface area contributed by atoms with E-state index in [1.54, 1.807) is 6.07 Å². The van der Waals surface area contributed by atoms with Crippen LogP contribution in [-0.4, -0.2) is 6.54 Å². The number of fused-ring (bicyclic) bond motifs is 2. The van der Waals surface area contributed by atoms with E-state index in [1.807, 2.05) is 60.7 Å². The first-order chi connectivity index (χ1) is 24.7. The first kappa shape index (κ1) is 36.5. The molecule has 2 N–H and O–H groups in total. The zero-order chi connectivity index (χ0) is 37.1. The average Bonchev–Trinajstić information content (AvgIpc) is 3.32. The molecule has 0 fully saturated rings. The highest BCUT2D eigenvalue weighted by Crippen LogP contribution is 2.47. The third kappa shape index (κ3) is 8.08. The minimum Gasteiger partial charge on any atom is -0.344 e. The molecule has 0 saturated carbocycles. The van der Waals surface area contributed by atoms with Crippen molar-refractivity contribution in [2.24, 2.45) is 0 Å². The van der Waals surface area contributed by atoms with Crippen molar-refractivity contribution in [3.63, 3.8) is 0 Å². The van der Waals surface area contributed by atoms with E-state index < -0.39 is 23.5 Å². The largest absolute Gasteiger partial charge is 0.416 e. The molecule has 0 radical (unpaired) electrons. The summed E-state index contributed by atoms with van der Waals surface area (Å²) in [5, 5.41) is 2.93. The lowest BCUT2D eigenvalue weighted by molar-refractivity contribution is -0.477. The highest BCUT2D eigenvalue weighted by atomic mass is 19.4. The Morgan fingerprint density at radius 2 is 1.40 bits per heavy atom. The summed E-state index contributed by atoms with van der Waals surface area (Å²) in [4.78, 5) is 2.38. The van der Waals surface area contributed by atoms with Gasteiger partial charge in [-0.1, -0.05) is 129 Å². The molecule has 6 rings (SSSR count). The van der Waals surface area contributed by atoms with Crippen molar-refractivity contribution in [2.75, 3.05) is 11.4 Å². The van der Waals surface area contributed by atoms with Gasteiger partial charge in [-0.2, -0.15) is 26.3 Å². The van der Waals surface area contributed by atoms with Crippen LogP contribution in [0.15, 0.2) is 157 Å². The van der Waals surface area contributed by atoms with Crippen molar-refractivity contribution in [2.45, 2.75) is 44.5 Å². The Hall–Kier alpha value is -5.34. The van der Waals surface area contributed by atoms with Gasteiger partial charge in [0.2, 0.25) is 0 Å². The van der Waals surface area contributed by atoms with E-state index in [9.17, 15) is 26.3 Å². The number of rotatable bonds is 10. The molecule has 52 heavy (non-hydrogen) atoms. The van der Waals surface area contributed by atoms with Gasteiger partial charge in [-0.25, -0.2) is 0 Å². The molecular formula is C44H39F6N2+. The van der Waals surface area contributed by atoms with Gasteiger partial charge in [0.05, 0.1) is 11.1 Å². The number of halogens is 6. The molecule has 5 aromatic carbocycles. The second-order valence-corrected chi connectivity index (χ2v) is 13.5. The second kappa shape index (κ2) is 14.7. The van der Waals surface area contributed by atoms with Crippen molar-refractivity contribution < 1.29 is 31.7 Å². The number of nitrogens with two attached hydrogens (primary N) is 1. The highest BCUT2D eigenvalue weighted by Gasteiger charge is 2.40. The molecular weight excluding hydrogens is 670 g/mol. The molecule has 0 amide bonds. The van der Waals surface area contributed by atoms with Crippen molar-refractivity contribution >= 4 is 27.8 Å². The van der Waals surface area contributed by atoms with Gasteiger partial charge >= 0.3 is 12.4 Å². The molecule has 0 saturated heterocycles. The average molecular weight is 710 g/mol. The van der Waals surface area contributed by atoms with Crippen LogP contribution in [0.3, 0.4) is 0 Å². The van der Waals surface area contributed by atoms with E-state index in [1.165, 1.54) is 27.8 Å². The predicted molar refractivity (Wildman–Crippen MR) is 198 cm³/mol. The molecule has 2 nitrogen and oxygen atoms in total. The molecule has 1 aliphatic rings. The summed E-state index contributed by atoms with van der Waals surface area (Å²) in [5.41, 5.74) is 3.83. The molecule has 0 spiro atoms. The molecule has 0 unspecified atom stereocenters. The Kier molecular flexibility index (Phi) is 10.3. The van der Waals surface area contributed by atoms with E-state index in [2.05, 4.69) is 79.9 Å². The summed E-state index contributed by atoms with van der Waals surface area (Å²) in [6.45, 7) is 9.50. The number of nitrogens with zero attached hydrogens (tertiary/aromatic N) is 1.